The number of rotatable bonds is 8. The minimum absolute atomic E-state index is 0.0473. The molecule has 0 spiro atoms. The fourth-order valence-electron chi connectivity index (χ4n) is 1.52. The molecule has 0 aromatic heterocycles. The highest BCUT2D eigenvalue weighted by Crippen LogP contribution is 2.24. The quantitative estimate of drug-likeness (QED) is 0.455. The van der Waals surface area contributed by atoms with E-state index >= 15 is 0 Å². The van der Waals surface area contributed by atoms with Crippen molar-refractivity contribution in [1.82, 2.24) is 5.32 Å². The van der Waals surface area contributed by atoms with Crippen LogP contribution < -0.4 is 5.32 Å². The molecule has 20 heavy (non-hydrogen) atoms. The SMILES string of the molecule is CCCOCCCNC(=O)c1ccc([N+](=O)[O-])c(Cl)c1. The molecule has 0 atom stereocenters. The molecule has 1 aromatic rings. The molecular formula is C13H17ClN2O4. The van der Waals surface area contributed by atoms with E-state index in [-0.39, 0.29) is 16.6 Å². The van der Waals surface area contributed by atoms with Crippen molar-refractivity contribution in [3.05, 3.63) is 38.9 Å². The maximum absolute atomic E-state index is 11.8. The van der Waals surface area contributed by atoms with Gasteiger partial charge < -0.3 is 10.1 Å². The zero-order valence-corrected chi connectivity index (χ0v) is 12.0. The first kappa shape index (κ1) is 16.4. The molecule has 7 heteroatoms. The number of hydrogen-bond acceptors (Lipinski definition) is 4. The molecule has 0 saturated carbocycles. The summed E-state index contributed by atoms with van der Waals surface area (Å²) in [6.45, 7) is 3.82. The number of hydrogen-bond donors (Lipinski definition) is 1. The van der Waals surface area contributed by atoms with Gasteiger partial charge >= 0.3 is 0 Å². The smallest absolute Gasteiger partial charge is 0.287 e. The number of nitro benzene ring substituents is 1. The third-order valence-electron chi connectivity index (χ3n) is 2.51. The molecule has 1 N–H and O–H groups in total. The maximum Gasteiger partial charge on any atom is 0.287 e. The number of nitrogens with one attached hydrogen (secondary N) is 1. The van der Waals surface area contributed by atoms with E-state index in [4.69, 9.17) is 16.3 Å². The molecule has 0 saturated heterocycles. The second-order valence-electron chi connectivity index (χ2n) is 4.15. The van der Waals surface area contributed by atoms with Crippen LogP contribution >= 0.6 is 11.6 Å². The van der Waals surface area contributed by atoms with Crippen molar-refractivity contribution in [2.45, 2.75) is 19.8 Å². The monoisotopic (exact) mass is 300 g/mol. The summed E-state index contributed by atoms with van der Waals surface area (Å²) in [7, 11) is 0. The van der Waals surface area contributed by atoms with Gasteiger partial charge in [0.1, 0.15) is 5.02 Å². The van der Waals surface area contributed by atoms with Gasteiger partial charge in [-0.05, 0) is 25.0 Å². The van der Waals surface area contributed by atoms with Gasteiger partial charge in [-0.2, -0.15) is 0 Å². The number of nitro groups is 1. The summed E-state index contributed by atoms with van der Waals surface area (Å²) >= 11 is 5.75. The molecule has 6 nitrogen and oxygen atoms in total. The van der Waals surface area contributed by atoms with E-state index in [2.05, 4.69) is 5.32 Å². The Morgan fingerprint density at radius 1 is 1.45 bits per heavy atom. The van der Waals surface area contributed by atoms with Crippen LogP contribution in [0.1, 0.15) is 30.1 Å². The summed E-state index contributed by atoms with van der Waals surface area (Å²) < 4.78 is 5.28. The summed E-state index contributed by atoms with van der Waals surface area (Å²) in [5.74, 6) is -0.308. The van der Waals surface area contributed by atoms with Gasteiger partial charge in [0.2, 0.25) is 0 Å². The number of amides is 1. The summed E-state index contributed by atoms with van der Waals surface area (Å²) in [4.78, 5) is 21.8. The lowest BCUT2D eigenvalue weighted by atomic mass is 10.2. The van der Waals surface area contributed by atoms with Crippen molar-refractivity contribution in [3.8, 4) is 0 Å². The Hall–Kier alpha value is -1.66. The normalized spacial score (nSPS) is 10.3. The van der Waals surface area contributed by atoms with Gasteiger partial charge in [0.25, 0.3) is 11.6 Å². The van der Waals surface area contributed by atoms with Crippen LogP contribution in [-0.2, 0) is 4.74 Å². The second kappa shape index (κ2) is 8.50. The molecule has 1 amide bonds. The molecule has 0 heterocycles. The predicted octanol–water partition coefficient (Wildman–Crippen LogP) is 2.79. The molecule has 0 aliphatic rings. The standard InChI is InChI=1S/C13H17ClN2O4/c1-2-7-20-8-3-6-15-13(17)10-4-5-12(16(18)19)11(14)9-10/h4-5,9H,2-3,6-8H2,1H3,(H,15,17). The van der Waals surface area contributed by atoms with Gasteiger partial charge in [-0.15, -0.1) is 0 Å². The molecule has 110 valence electrons. The first-order chi connectivity index (χ1) is 9.56. The van der Waals surface area contributed by atoms with Crippen molar-refractivity contribution >= 4 is 23.2 Å². The zero-order chi connectivity index (χ0) is 15.0. The number of benzene rings is 1. The lowest BCUT2D eigenvalue weighted by molar-refractivity contribution is -0.384. The number of carbonyl (C=O) groups is 1. The topological polar surface area (TPSA) is 81.5 Å². The van der Waals surface area contributed by atoms with E-state index < -0.39 is 4.92 Å². The first-order valence-corrected chi connectivity index (χ1v) is 6.74. The van der Waals surface area contributed by atoms with Crippen LogP contribution in [-0.4, -0.2) is 30.6 Å². The highest BCUT2D eigenvalue weighted by molar-refractivity contribution is 6.33. The van der Waals surface area contributed by atoms with E-state index in [9.17, 15) is 14.9 Å². The second-order valence-corrected chi connectivity index (χ2v) is 4.55. The van der Waals surface area contributed by atoms with E-state index in [0.717, 1.165) is 6.42 Å². The number of ether oxygens (including phenoxy) is 1. The third-order valence-corrected chi connectivity index (χ3v) is 2.81. The highest BCUT2D eigenvalue weighted by Gasteiger charge is 2.14. The van der Waals surface area contributed by atoms with Gasteiger partial charge in [0.15, 0.2) is 0 Å². The van der Waals surface area contributed by atoms with E-state index in [1.807, 2.05) is 6.92 Å². The Morgan fingerprint density at radius 2 is 2.20 bits per heavy atom. The minimum atomic E-state index is -0.588. The Morgan fingerprint density at radius 3 is 2.80 bits per heavy atom. The summed E-state index contributed by atoms with van der Waals surface area (Å²) in [6.07, 6.45) is 1.68. The molecule has 0 bridgehead atoms. The zero-order valence-electron chi connectivity index (χ0n) is 11.2. The van der Waals surface area contributed by atoms with Crippen LogP contribution in [0.2, 0.25) is 5.02 Å². The maximum atomic E-state index is 11.8. The lowest BCUT2D eigenvalue weighted by Crippen LogP contribution is -2.25. The van der Waals surface area contributed by atoms with Crippen molar-refractivity contribution < 1.29 is 14.5 Å². The van der Waals surface area contributed by atoms with E-state index in [0.29, 0.717) is 31.7 Å². The Kier molecular flexibility index (Phi) is 6.97. The van der Waals surface area contributed by atoms with E-state index in [1.54, 1.807) is 0 Å². The summed E-state index contributed by atoms with van der Waals surface area (Å²) in [5.41, 5.74) is 0.0891. The van der Waals surface area contributed by atoms with Crippen LogP contribution in [0.25, 0.3) is 0 Å². The van der Waals surface area contributed by atoms with Crippen molar-refractivity contribution in [1.29, 1.82) is 0 Å². The van der Waals surface area contributed by atoms with Crippen molar-refractivity contribution in [2.75, 3.05) is 19.8 Å². The fourth-order valence-corrected chi connectivity index (χ4v) is 1.77. The highest BCUT2D eigenvalue weighted by atomic mass is 35.5. The van der Waals surface area contributed by atoms with Gasteiger partial charge in [-0.3, -0.25) is 14.9 Å². The number of nitrogens with zero attached hydrogens (tertiary/aromatic N) is 1. The van der Waals surface area contributed by atoms with Crippen LogP contribution in [0.5, 0.6) is 0 Å². The summed E-state index contributed by atoms with van der Waals surface area (Å²) in [6, 6.07) is 3.90. The van der Waals surface area contributed by atoms with Crippen molar-refractivity contribution in [2.24, 2.45) is 0 Å². The minimum Gasteiger partial charge on any atom is -0.381 e. The van der Waals surface area contributed by atoms with Crippen LogP contribution in [0, 0.1) is 10.1 Å². The first-order valence-electron chi connectivity index (χ1n) is 6.36. The summed E-state index contributed by atoms with van der Waals surface area (Å²) in [5, 5.41) is 13.3. The van der Waals surface area contributed by atoms with Crippen LogP contribution in [0.4, 0.5) is 5.69 Å². The Balaban J connectivity index is 2.44. The Labute approximate surface area is 122 Å². The Bertz CT molecular complexity index is 479. The largest absolute Gasteiger partial charge is 0.381 e. The number of carbonyl (C=O) groups excluding carboxylic acids is 1. The van der Waals surface area contributed by atoms with E-state index in [1.165, 1.54) is 18.2 Å². The predicted molar refractivity (Wildman–Crippen MR) is 76.2 cm³/mol. The molecule has 1 rings (SSSR count). The average molecular weight is 301 g/mol. The van der Waals surface area contributed by atoms with Crippen LogP contribution in [0.3, 0.4) is 0 Å². The van der Waals surface area contributed by atoms with Crippen LogP contribution in [0.15, 0.2) is 18.2 Å². The number of halogens is 1. The fraction of sp³-hybridized carbons (Fsp3) is 0.462. The molecule has 0 aliphatic heterocycles. The molecule has 0 unspecified atom stereocenters. The molecule has 0 radical (unpaired) electrons. The lowest BCUT2D eigenvalue weighted by Gasteiger charge is -2.06. The molecule has 1 aromatic carbocycles. The van der Waals surface area contributed by atoms with Gasteiger partial charge in [0, 0.05) is 31.4 Å². The van der Waals surface area contributed by atoms with Gasteiger partial charge in [-0.1, -0.05) is 18.5 Å². The molecule has 0 aliphatic carbocycles. The molecular weight excluding hydrogens is 284 g/mol. The molecule has 0 fully saturated rings. The third kappa shape index (κ3) is 5.14. The van der Waals surface area contributed by atoms with Gasteiger partial charge in [0.05, 0.1) is 4.92 Å². The van der Waals surface area contributed by atoms with Gasteiger partial charge in [-0.25, -0.2) is 0 Å². The average Bonchev–Trinajstić information content (AvgIpc) is 2.41. The van der Waals surface area contributed by atoms with Crippen molar-refractivity contribution in [3.63, 3.8) is 0 Å².